The lowest BCUT2D eigenvalue weighted by molar-refractivity contribution is 0.0736. The topological polar surface area (TPSA) is 32.7 Å². The summed E-state index contributed by atoms with van der Waals surface area (Å²) < 4.78 is 32.2. The van der Waals surface area contributed by atoms with E-state index in [1.165, 1.54) is 12.1 Å². The Morgan fingerprint density at radius 2 is 2.25 bits per heavy atom. The van der Waals surface area contributed by atoms with Gasteiger partial charge in [-0.15, -0.1) is 0 Å². The number of hydrogen-bond donors (Lipinski definition) is 1. The summed E-state index contributed by atoms with van der Waals surface area (Å²) in [6.45, 7) is 2.23. The van der Waals surface area contributed by atoms with Gasteiger partial charge in [-0.25, -0.2) is 8.78 Å². The van der Waals surface area contributed by atoms with E-state index >= 15 is 0 Å². The van der Waals surface area contributed by atoms with Crippen LogP contribution in [0.1, 0.15) is 30.9 Å². The molecule has 1 aromatic carbocycles. The number of aliphatic hydroxyl groups is 1. The Bertz CT molecular complexity index is 436. The Labute approximate surface area is 118 Å². The van der Waals surface area contributed by atoms with E-state index < -0.39 is 17.7 Å². The number of likely N-dealkylation sites (N-methyl/N-ethyl adjacent to an activating group) is 1. The monoisotopic (exact) mass is 285 g/mol. The van der Waals surface area contributed by atoms with Crippen LogP contribution in [0.15, 0.2) is 18.2 Å². The highest BCUT2D eigenvalue weighted by Gasteiger charge is 2.19. The van der Waals surface area contributed by atoms with Crippen LogP contribution in [0.5, 0.6) is 0 Å². The fourth-order valence-electron chi connectivity index (χ4n) is 2.50. The molecule has 1 aliphatic rings. The molecular weight excluding hydrogens is 264 g/mol. The second kappa shape index (κ2) is 7.11. The number of aliphatic hydroxyl groups excluding tert-OH is 1. The highest BCUT2D eigenvalue weighted by atomic mass is 19.2. The Balaban J connectivity index is 1.81. The highest BCUT2D eigenvalue weighted by Crippen LogP contribution is 2.22. The second-order valence-corrected chi connectivity index (χ2v) is 5.34. The van der Waals surface area contributed by atoms with E-state index in [2.05, 4.69) is 4.90 Å². The lowest BCUT2D eigenvalue weighted by atomic mass is 10.1. The van der Waals surface area contributed by atoms with Gasteiger partial charge in [0.05, 0.1) is 12.2 Å². The minimum Gasteiger partial charge on any atom is -0.388 e. The van der Waals surface area contributed by atoms with Crippen molar-refractivity contribution in [2.24, 2.45) is 0 Å². The molecule has 0 saturated carbocycles. The molecule has 112 valence electrons. The zero-order valence-corrected chi connectivity index (χ0v) is 11.7. The summed E-state index contributed by atoms with van der Waals surface area (Å²) in [4.78, 5) is 2.05. The molecule has 20 heavy (non-hydrogen) atoms. The Kier molecular flexibility index (Phi) is 5.46. The largest absolute Gasteiger partial charge is 0.388 e. The maximum Gasteiger partial charge on any atom is 0.164 e. The minimum atomic E-state index is -0.988. The molecule has 2 unspecified atom stereocenters. The van der Waals surface area contributed by atoms with Crippen LogP contribution in [-0.2, 0) is 4.74 Å². The maximum atomic E-state index is 13.5. The summed E-state index contributed by atoms with van der Waals surface area (Å²) in [5.41, 5.74) is 0.0236. The van der Waals surface area contributed by atoms with Gasteiger partial charge >= 0.3 is 0 Å². The van der Waals surface area contributed by atoms with Gasteiger partial charge < -0.3 is 14.7 Å². The lowest BCUT2D eigenvalue weighted by Crippen LogP contribution is -2.30. The summed E-state index contributed by atoms with van der Waals surface area (Å²) in [5, 5.41) is 9.97. The molecule has 2 atom stereocenters. The van der Waals surface area contributed by atoms with Crippen LogP contribution in [0.25, 0.3) is 0 Å². The Hall–Kier alpha value is -1.04. The standard InChI is InChI=1S/C15H21F2NO2/c1-18(10-11-4-3-9-20-11)8-7-14(19)12-5-2-6-13(16)15(12)17/h2,5-6,11,14,19H,3-4,7-10H2,1H3. The molecule has 0 bridgehead atoms. The van der Waals surface area contributed by atoms with E-state index in [1.54, 1.807) is 0 Å². The van der Waals surface area contributed by atoms with Crippen molar-refractivity contribution in [1.29, 1.82) is 0 Å². The fraction of sp³-hybridized carbons (Fsp3) is 0.600. The average Bonchev–Trinajstić information content (AvgIpc) is 2.92. The molecule has 2 rings (SSSR count). The molecular formula is C15H21F2NO2. The molecule has 1 heterocycles. The third-order valence-corrected chi connectivity index (χ3v) is 3.66. The van der Waals surface area contributed by atoms with Gasteiger partial charge in [-0.3, -0.25) is 0 Å². The number of rotatable bonds is 6. The number of benzene rings is 1. The average molecular weight is 285 g/mol. The van der Waals surface area contributed by atoms with Gasteiger partial charge in [0, 0.05) is 25.3 Å². The third-order valence-electron chi connectivity index (χ3n) is 3.66. The quantitative estimate of drug-likeness (QED) is 0.871. The van der Waals surface area contributed by atoms with Gasteiger partial charge in [0.2, 0.25) is 0 Å². The molecule has 1 fully saturated rings. The summed E-state index contributed by atoms with van der Waals surface area (Å²) >= 11 is 0. The van der Waals surface area contributed by atoms with E-state index in [0.717, 1.165) is 32.1 Å². The Morgan fingerprint density at radius 3 is 2.95 bits per heavy atom. The first-order chi connectivity index (χ1) is 9.58. The predicted octanol–water partition coefficient (Wildman–Crippen LogP) is 2.50. The first-order valence-corrected chi connectivity index (χ1v) is 7.00. The summed E-state index contributed by atoms with van der Waals surface area (Å²) in [7, 11) is 1.94. The summed E-state index contributed by atoms with van der Waals surface area (Å²) in [6.07, 6.45) is 1.78. The van der Waals surface area contributed by atoms with Crippen molar-refractivity contribution in [3.63, 3.8) is 0 Å². The van der Waals surface area contributed by atoms with Crippen LogP contribution in [0, 0.1) is 11.6 Å². The second-order valence-electron chi connectivity index (χ2n) is 5.34. The molecule has 0 aromatic heterocycles. The van der Waals surface area contributed by atoms with E-state index in [9.17, 15) is 13.9 Å². The molecule has 3 nitrogen and oxygen atoms in total. The van der Waals surface area contributed by atoms with Crippen molar-refractivity contribution in [2.75, 3.05) is 26.7 Å². The first kappa shape index (κ1) is 15.4. The molecule has 5 heteroatoms. The first-order valence-electron chi connectivity index (χ1n) is 7.00. The van der Waals surface area contributed by atoms with Crippen molar-refractivity contribution in [3.8, 4) is 0 Å². The van der Waals surface area contributed by atoms with Crippen molar-refractivity contribution >= 4 is 0 Å². The number of halogens is 2. The zero-order chi connectivity index (χ0) is 14.5. The normalized spacial score (nSPS) is 20.6. The minimum absolute atomic E-state index is 0.0236. The van der Waals surface area contributed by atoms with Crippen LogP contribution in [0.3, 0.4) is 0 Å². The molecule has 0 aliphatic carbocycles. The lowest BCUT2D eigenvalue weighted by Gasteiger charge is -2.22. The van der Waals surface area contributed by atoms with Gasteiger partial charge in [-0.1, -0.05) is 12.1 Å². The molecule has 1 N–H and O–H groups in total. The number of nitrogens with zero attached hydrogens (tertiary/aromatic N) is 1. The smallest absolute Gasteiger partial charge is 0.164 e. The van der Waals surface area contributed by atoms with Crippen LogP contribution in [-0.4, -0.2) is 42.9 Å². The van der Waals surface area contributed by atoms with Gasteiger partial charge in [0.25, 0.3) is 0 Å². The summed E-state index contributed by atoms with van der Waals surface area (Å²) in [6, 6.07) is 3.88. The van der Waals surface area contributed by atoms with Crippen LogP contribution in [0.2, 0.25) is 0 Å². The van der Waals surface area contributed by atoms with Crippen LogP contribution < -0.4 is 0 Å². The van der Waals surface area contributed by atoms with Gasteiger partial charge in [0.1, 0.15) is 0 Å². The molecule has 0 spiro atoms. The molecule has 1 saturated heterocycles. The molecule has 1 aromatic rings. The van der Waals surface area contributed by atoms with E-state index in [-0.39, 0.29) is 11.7 Å². The highest BCUT2D eigenvalue weighted by molar-refractivity contribution is 5.21. The van der Waals surface area contributed by atoms with Gasteiger partial charge in [-0.2, -0.15) is 0 Å². The van der Waals surface area contributed by atoms with Crippen LogP contribution in [0.4, 0.5) is 8.78 Å². The van der Waals surface area contributed by atoms with Crippen LogP contribution >= 0.6 is 0 Å². The fourth-order valence-corrected chi connectivity index (χ4v) is 2.50. The van der Waals surface area contributed by atoms with E-state index in [1.807, 2.05) is 7.05 Å². The zero-order valence-electron chi connectivity index (χ0n) is 11.7. The Morgan fingerprint density at radius 1 is 1.45 bits per heavy atom. The number of hydrogen-bond acceptors (Lipinski definition) is 3. The van der Waals surface area contributed by atoms with Crippen molar-refractivity contribution in [1.82, 2.24) is 4.90 Å². The van der Waals surface area contributed by atoms with Crippen molar-refractivity contribution in [3.05, 3.63) is 35.4 Å². The SMILES string of the molecule is CN(CCC(O)c1cccc(F)c1F)CC1CCCO1. The van der Waals surface area contributed by atoms with E-state index in [0.29, 0.717) is 13.0 Å². The van der Waals surface area contributed by atoms with Crippen molar-refractivity contribution in [2.45, 2.75) is 31.5 Å². The predicted molar refractivity (Wildman–Crippen MR) is 72.4 cm³/mol. The molecule has 0 amide bonds. The van der Waals surface area contributed by atoms with Gasteiger partial charge in [-0.05, 0) is 32.4 Å². The summed E-state index contributed by atoms with van der Waals surface area (Å²) in [5.74, 6) is -1.88. The van der Waals surface area contributed by atoms with Gasteiger partial charge in [0.15, 0.2) is 11.6 Å². The number of ether oxygens (including phenoxy) is 1. The van der Waals surface area contributed by atoms with Crippen molar-refractivity contribution < 1.29 is 18.6 Å². The maximum absolute atomic E-state index is 13.5. The van der Waals surface area contributed by atoms with E-state index in [4.69, 9.17) is 4.74 Å². The molecule has 1 aliphatic heterocycles. The molecule has 0 radical (unpaired) electrons. The third kappa shape index (κ3) is 3.98.